The second-order valence-corrected chi connectivity index (χ2v) is 4.74. The summed E-state index contributed by atoms with van der Waals surface area (Å²) in [6.07, 6.45) is 1.98. The highest BCUT2D eigenvalue weighted by Gasteiger charge is 2.18. The fourth-order valence-electron chi connectivity index (χ4n) is 2.15. The van der Waals surface area contributed by atoms with Gasteiger partial charge in [0, 0.05) is 12.7 Å². The average molecular weight is 258 g/mol. The Morgan fingerprint density at radius 3 is 2.79 bits per heavy atom. The minimum atomic E-state index is -0.214. The van der Waals surface area contributed by atoms with Gasteiger partial charge in [-0.05, 0) is 36.8 Å². The van der Waals surface area contributed by atoms with E-state index >= 15 is 0 Å². The molecule has 1 atom stereocenters. The molecule has 0 saturated heterocycles. The summed E-state index contributed by atoms with van der Waals surface area (Å²) in [6.45, 7) is 3.34. The molecule has 1 aromatic carbocycles. The van der Waals surface area contributed by atoms with Crippen molar-refractivity contribution in [3.05, 3.63) is 59.7 Å². The third kappa shape index (κ3) is 2.52. The van der Waals surface area contributed by atoms with Crippen LogP contribution in [0.4, 0.5) is 4.39 Å². The van der Waals surface area contributed by atoms with Crippen molar-refractivity contribution in [1.82, 2.24) is 4.57 Å². The smallest absolute Gasteiger partial charge is 0.233 e. The summed E-state index contributed by atoms with van der Waals surface area (Å²) in [5.41, 5.74) is 2.01. The van der Waals surface area contributed by atoms with Crippen molar-refractivity contribution in [3.63, 3.8) is 0 Å². The molecule has 4 heteroatoms. The van der Waals surface area contributed by atoms with Gasteiger partial charge in [0.1, 0.15) is 18.1 Å². The largest absolute Gasteiger partial charge is 0.474 e. The molecule has 3 rings (SSSR count). The summed E-state index contributed by atoms with van der Waals surface area (Å²) >= 11 is 0. The lowest BCUT2D eigenvalue weighted by Gasteiger charge is -2.09. The van der Waals surface area contributed by atoms with Gasteiger partial charge in [0.15, 0.2) is 0 Å². The average Bonchev–Trinajstić information content (AvgIpc) is 3.01. The van der Waals surface area contributed by atoms with E-state index in [-0.39, 0.29) is 11.9 Å². The van der Waals surface area contributed by atoms with Gasteiger partial charge >= 0.3 is 0 Å². The highest BCUT2D eigenvalue weighted by Crippen LogP contribution is 2.14. The topological polar surface area (TPSA) is 26.5 Å². The van der Waals surface area contributed by atoms with Crippen LogP contribution in [0.5, 0.6) is 0 Å². The zero-order chi connectivity index (χ0) is 13.2. The van der Waals surface area contributed by atoms with Gasteiger partial charge in [-0.25, -0.2) is 9.38 Å². The van der Waals surface area contributed by atoms with E-state index < -0.39 is 0 Å². The maximum atomic E-state index is 12.9. The van der Waals surface area contributed by atoms with Crippen molar-refractivity contribution in [2.24, 2.45) is 4.99 Å². The predicted octanol–water partition coefficient (Wildman–Crippen LogP) is 2.84. The molecule has 1 aliphatic heterocycles. The van der Waals surface area contributed by atoms with Gasteiger partial charge in [-0.15, -0.1) is 0 Å². The number of nitrogens with zero attached hydrogens (tertiary/aromatic N) is 2. The predicted molar refractivity (Wildman–Crippen MR) is 71.9 cm³/mol. The van der Waals surface area contributed by atoms with Crippen molar-refractivity contribution >= 4 is 5.90 Å². The molecular formula is C15H15FN2O. The van der Waals surface area contributed by atoms with Crippen LogP contribution in [0.25, 0.3) is 0 Å². The first kappa shape index (κ1) is 12.0. The van der Waals surface area contributed by atoms with Crippen molar-refractivity contribution in [1.29, 1.82) is 0 Å². The number of halogens is 1. The Balaban J connectivity index is 1.84. The normalized spacial score (nSPS) is 18.2. The molecule has 98 valence electrons. The maximum Gasteiger partial charge on any atom is 0.233 e. The van der Waals surface area contributed by atoms with E-state index in [1.165, 1.54) is 12.1 Å². The molecule has 0 saturated carbocycles. The van der Waals surface area contributed by atoms with Crippen LogP contribution in [-0.2, 0) is 11.3 Å². The Morgan fingerprint density at radius 1 is 1.32 bits per heavy atom. The molecule has 0 radical (unpaired) electrons. The van der Waals surface area contributed by atoms with E-state index in [9.17, 15) is 4.39 Å². The second-order valence-electron chi connectivity index (χ2n) is 4.74. The highest BCUT2D eigenvalue weighted by atomic mass is 19.1. The fraction of sp³-hybridized carbons (Fsp3) is 0.267. The van der Waals surface area contributed by atoms with E-state index in [1.54, 1.807) is 12.1 Å². The molecule has 0 bridgehead atoms. The fourth-order valence-corrected chi connectivity index (χ4v) is 2.15. The highest BCUT2D eigenvalue weighted by molar-refractivity contribution is 5.93. The monoisotopic (exact) mass is 258 g/mol. The molecule has 0 N–H and O–H groups in total. The minimum absolute atomic E-state index is 0.212. The number of hydrogen-bond acceptors (Lipinski definition) is 2. The third-order valence-corrected chi connectivity index (χ3v) is 3.11. The van der Waals surface area contributed by atoms with Crippen LogP contribution in [0.3, 0.4) is 0 Å². The lowest BCUT2D eigenvalue weighted by molar-refractivity contribution is 0.322. The molecule has 1 unspecified atom stereocenters. The van der Waals surface area contributed by atoms with Crippen LogP contribution in [0.15, 0.2) is 47.6 Å². The van der Waals surface area contributed by atoms with Gasteiger partial charge in [0.2, 0.25) is 5.90 Å². The molecule has 2 heterocycles. The Morgan fingerprint density at radius 2 is 2.11 bits per heavy atom. The number of ether oxygens (including phenoxy) is 1. The van der Waals surface area contributed by atoms with Gasteiger partial charge in [-0.2, -0.15) is 0 Å². The molecule has 2 aromatic rings. The molecule has 0 spiro atoms. The summed E-state index contributed by atoms with van der Waals surface area (Å²) < 4.78 is 20.5. The zero-order valence-electron chi connectivity index (χ0n) is 10.7. The maximum absolute atomic E-state index is 12.9. The Hall–Kier alpha value is -2.10. The first-order valence-corrected chi connectivity index (χ1v) is 6.33. The quantitative estimate of drug-likeness (QED) is 0.831. The summed E-state index contributed by atoms with van der Waals surface area (Å²) in [4.78, 5) is 4.46. The van der Waals surface area contributed by atoms with Crippen LogP contribution in [0, 0.1) is 5.82 Å². The Bertz CT molecular complexity index is 601. The minimum Gasteiger partial charge on any atom is -0.474 e. The Kier molecular flexibility index (Phi) is 3.07. The first-order chi connectivity index (χ1) is 9.22. The molecule has 3 nitrogen and oxygen atoms in total. The van der Waals surface area contributed by atoms with E-state index in [1.807, 2.05) is 25.3 Å². The lowest BCUT2D eigenvalue weighted by atomic mass is 10.2. The second kappa shape index (κ2) is 4.88. The van der Waals surface area contributed by atoms with Gasteiger partial charge in [-0.3, -0.25) is 0 Å². The standard InChI is InChI=1S/C15H15FN2O/c1-11-10-19-15(17-11)14-3-2-8-18(14)9-12-4-6-13(16)7-5-12/h2-8,11H,9-10H2,1H3. The lowest BCUT2D eigenvalue weighted by Crippen LogP contribution is -2.10. The summed E-state index contributed by atoms with van der Waals surface area (Å²) in [6, 6.07) is 10.7. The van der Waals surface area contributed by atoms with Crippen molar-refractivity contribution in [2.45, 2.75) is 19.5 Å². The molecule has 0 aliphatic carbocycles. The van der Waals surface area contributed by atoms with Crippen LogP contribution in [0.2, 0.25) is 0 Å². The van der Waals surface area contributed by atoms with Crippen LogP contribution >= 0.6 is 0 Å². The van der Waals surface area contributed by atoms with Crippen molar-refractivity contribution < 1.29 is 9.13 Å². The third-order valence-electron chi connectivity index (χ3n) is 3.11. The summed E-state index contributed by atoms with van der Waals surface area (Å²) in [5.74, 6) is 0.480. The molecule has 0 amide bonds. The Labute approximate surface area is 111 Å². The number of hydrogen-bond donors (Lipinski definition) is 0. The number of rotatable bonds is 3. The molecule has 0 fully saturated rings. The van der Waals surface area contributed by atoms with E-state index in [4.69, 9.17) is 4.74 Å². The van der Waals surface area contributed by atoms with Crippen molar-refractivity contribution in [2.75, 3.05) is 6.61 Å². The van der Waals surface area contributed by atoms with Gasteiger partial charge in [-0.1, -0.05) is 12.1 Å². The molecule has 19 heavy (non-hydrogen) atoms. The SMILES string of the molecule is CC1COC(c2cccn2Cc2ccc(F)cc2)=N1. The number of benzene rings is 1. The van der Waals surface area contributed by atoms with E-state index in [0.717, 1.165) is 11.3 Å². The summed E-state index contributed by atoms with van der Waals surface area (Å²) in [5, 5.41) is 0. The van der Waals surface area contributed by atoms with Gasteiger partial charge < -0.3 is 9.30 Å². The molecule has 1 aliphatic rings. The molecular weight excluding hydrogens is 243 g/mol. The van der Waals surface area contributed by atoms with E-state index in [0.29, 0.717) is 19.0 Å². The molecule has 1 aromatic heterocycles. The van der Waals surface area contributed by atoms with Crippen LogP contribution in [0.1, 0.15) is 18.2 Å². The van der Waals surface area contributed by atoms with Crippen LogP contribution < -0.4 is 0 Å². The van der Waals surface area contributed by atoms with Gasteiger partial charge in [0.05, 0.1) is 6.04 Å². The zero-order valence-corrected chi connectivity index (χ0v) is 10.7. The number of aliphatic imine (C=N–C) groups is 1. The van der Waals surface area contributed by atoms with E-state index in [2.05, 4.69) is 9.56 Å². The van der Waals surface area contributed by atoms with Gasteiger partial charge in [0.25, 0.3) is 0 Å². The first-order valence-electron chi connectivity index (χ1n) is 6.33. The van der Waals surface area contributed by atoms with Crippen molar-refractivity contribution in [3.8, 4) is 0 Å². The number of aromatic nitrogens is 1. The van der Waals surface area contributed by atoms with Crippen LogP contribution in [-0.4, -0.2) is 23.1 Å². The summed E-state index contributed by atoms with van der Waals surface area (Å²) in [7, 11) is 0.